The van der Waals surface area contributed by atoms with Gasteiger partial charge in [-0.25, -0.2) is 0 Å². The van der Waals surface area contributed by atoms with Crippen LogP contribution in [0, 0.1) is 13.0 Å². The molecule has 1 nitrogen and oxygen atoms in total. The third-order valence-electron chi connectivity index (χ3n) is 1.47. The molecule has 0 bridgehead atoms. The minimum absolute atomic E-state index is 0. The monoisotopic (exact) mass is 252 g/mol. The molecule has 3 heteroatoms. The Morgan fingerprint density at radius 3 is 2.69 bits per heavy atom. The van der Waals surface area contributed by atoms with Crippen LogP contribution in [-0.4, -0.2) is 29.7 Å². The summed E-state index contributed by atoms with van der Waals surface area (Å²) in [6.45, 7) is 4.90. The minimum Gasteiger partial charge on any atom is -1.00 e. The molecule has 1 rings (SSSR count). The summed E-state index contributed by atoms with van der Waals surface area (Å²) >= 11 is 0. The van der Waals surface area contributed by atoms with Crippen molar-refractivity contribution in [1.82, 2.24) is 0 Å². The molecule has 0 amide bonds. The second-order valence-electron chi connectivity index (χ2n) is 2.53. The molecule has 0 atom stereocenters. The maximum Gasteiger partial charge on any atom is 2.00 e. The van der Waals surface area contributed by atoms with E-state index in [-0.39, 0.29) is 40.0 Å². The molecule has 0 aliphatic carbocycles. The van der Waals surface area contributed by atoms with E-state index in [4.69, 9.17) is 4.74 Å². The first-order chi connectivity index (χ1) is 5.34. The van der Waals surface area contributed by atoms with Gasteiger partial charge in [-0.1, -0.05) is 13.8 Å². The molecule has 0 unspecified atom stereocenters. The first-order valence-electron chi connectivity index (χ1n) is 3.94. The van der Waals surface area contributed by atoms with E-state index in [1.165, 1.54) is 0 Å². The average Bonchev–Trinajstić information content (AvgIpc) is 2.03. The third-order valence-corrected chi connectivity index (χ3v) is 1.47. The molecule has 0 aliphatic heterocycles. The Balaban J connectivity index is 0. The van der Waals surface area contributed by atoms with Crippen molar-refractivity contribution in [2.75, 3.05) is 6.61 Å². The fraction of sp³-hybridized carbons (Fsp3) is 0.400. The molecule has 1 aromatic rings. The first kappa shape index (κ1) is 15.7. The van der Waals surface area contributed by atoms with Gasteiger partial charge in [-0.05, 0) is 6.42 Å². The van der Waals surface area contributed by atoms with Gasteiger partial charge in [0.05, 0.1) is 6.61 Å². The maximum atomic E-state index is 5.43. The molecule has 0 saturated carbocycles. The van der Waals surface area contributed by atoms with Gasteiger partial charge >= 0.3 is 23.1 Å². The average molecular weight is 253 g/mol. The smallest absolute Gasteiger partial charge is 1.00 e. The zero-order valence-electron chi connectivity index (χ0n) is 8.14. The zero-order valence-corrected chi connectivity index (χ0v) is 11.1. The van der Waals surface area contributed by atoms with Crippen molar-refractivity contribution < 1.29 is 21.7 Å². The van der Waals surface area contributed by atoms with Crippen LogP contribution < -0.4 is 21.7 Å². The quantitative estimate of drug-likeness (QED) is 0.507. The van der Waals surface area contributed by atoms with Crippen molar-refractivity contribution in [2.24, 2.45) is 0 Å². The predicted molar refractivity (Wildman–Crippen MR) is 51.6 cm³/mol. The molecule has 13 heavy (non-hydrogen) atoms. The van der Waals surface area contributed by atoms with Crippen LogP contribution in [0.2, 0.25) is 0 Å². The van der Waals surface area contributed by atoms with E-state index in [1.54, 1.807) is 0 Å². The van der Waals surface area contributed by atoms with Crippen LogP contribution in [0.4, 0.5) is 0 Å². The van der Waals surface area contributed by atoms with Crippen molar-refractivity contribution >= 4 is 23.1 Å². The topological polar surface area (TPSA) is 9.23 Å². The van der Waals surface area contributed by atoms with E-state index in [2.05, 4.69) is 13.0 Å². The summed E-state index contributed by atoms with van der Waals surface area (Å²) in [5, 5.41) is 0. The van der Waals surface area contributed by atoms with E-state index >= 15 is 0 Å². The van der Waals surface area contributed by atoms with Crippen LogP contribution in [-0.2, 0) is 0 Å². The third kappa shape index (κ3) is 5.55. The second-order valence-corrected chi connectivity index (χ2v) is 2.53. The summed E-state index contributed by atoms with van der Waals surface area (Å²) in [7, 11) is 0. The van der Waals surface area contributed by atoms with Crippen LogP contribution in [0.5, 0.6) is 5.75 Å². The Labute approximate surface area is 107 Å². The summed E-state index contributed by atoms with van der Waals surface area (Å²) in [5.41, 5.74) is 1.15. The Morgan fingerprint density at radius 1 is 1.46 bits per heavy atom. The molecule has 0 aromatic heterocycles. The second kappa shape index (κ2) is 8.85. The number of para-hydroxylation sites is 1. The van der Waals surface area contributed by atoms with Crippen molar-refractivity contribution in [2.45, 2.75) is 20.3 Å². The van der Waals surface area contributed by atoms with Gasteiger partial charge in [0.15, 0.2) is 0 Å². The summed E-state index contributed by atoms with van der Waals surface area (Å²) < 4.78 is 5.43. The number of halogens is 1. The molecule has 0 aliphatic rings. The minimum atomic E-state index is 0. The predicted octanol–water partition coefficient (Wildman–Crippen LogP) is -0.793. The van der Waals surface area contributed by atoms with Crippen LogP contribution in [0.1, 0.15) is 18.9 Å². The number of ether oxygens (including phenoxy) is 1. The summed E-state index contributed by atoms with van der Waals surface area (Å²) in [4.78, 5) is 0. The van der Waals surface area contributed by atoms with Crippen molar-refractivity contribution in [3.05, 3.63) is 29.8 Å². The Morgan fingerprint density at radius 2 is 2.15 bits per heavy atom. The van der Waals surface area contributed by atoms with Gasteiger partial charge in [0.25, 0.3) is 0 Å². The van der Waals surface area contributed by atoms with E-state index in [9.17, 15) is 0 Å². The SMILES string of the molecule is CCCOc1[c-]cccc1C.[Br-].[Mg+2]. The molecule has 0 heterocycles. The van der Waals surface area contributed by atoms with E-state index in [1.807, 2.05) is 25.1 Å². The van der Waals surface area contributed by atoms with Gasteiger partial charge in [-0.2, -0.15) is 18.2 Å². The molecular formula is C10H13BrMgO. The van der Waals surface area contributed by atoms with Gasteiger partial charge < -0.3 is 21.7 Å². The maximum absolute atomic E-state index is 5.43. The van der Waals surface area contributed by atoms with E-state index in [0.717, 1.165) is 24.3 Å². The van der Waals surface area contributed by atoms with Gasteiger partial charge in [0.2, 0.25) is 0 Å². The van der Waals surface area contributed by atoms with Crippen LogP contribution in [0.15, 0.2) is 18.2 Å². The summed E-state index contributed by atoms with van der Waals surface area (Å²) in [6.07, 6.45) is 1.04. The molecule has 0 N–H and O–H groups in total. The Hall–Kier alpha value is 0.266. The largest absolute Gasteiger partial charge is 2.00 e. The number of hydrogen-bond donors (Lipinski definition) is 0. The van der Waals surface area contributed by atoms with Crippen molar-refractivity contribution in [1.29, 1.82) is 0 Å². The standard InChI is InChI=1S/C10H13O.BrH.Mg/c1-3-8-11-10-7-5-4-6-9(10)2;;/h4-6H,3,8H2,1-2H3;1H;/q-1;;+2/p-1. The summed E-state index contributed by atoms with van der Waals surface area (Å²) in [5.74, 6) is 0.884. The first-order valence-corrected chi connectivity index (χ1v) is 3.94. The van der Waals surface area contributed by atoms with Gasteiger partial charge in [0.1, 0.15) is 0 Å². The molecule has 0 spiro atoms. The number of benzene rings is 1. The normalized spacial score (nSPS) is 8.15. The molecule has 0 fully saturated rings. The number of aryl methyl sites for hydroxylation is 1. The zero-order chi connectivity index (χ0) is 8.10. The Bertz CT molecular complexity index is 228. The molecule has 0 radical (unpaired) electrons. The molecule has 68 valence electrons. The van der Waals surface area contributed by atoms with Crippen LogP contribution in [0.3, 0.4) is 0 Å². The van der Waals surface area contributed by atoms with Gasteiger partial charge in [-0.15, -0.1) is 11.6 Å². The molecule has 1 aromatic carbocycles. The summed E-state index contributed by atoms with van der Waals surface area (Å²) in [6, 6.07) is 8.92. The van der Waals surface area contributed by atoms with Crippen molar-refractivity contribution in [3.8, 4) is 5.75 Å². The number of rotatable bonds is 3. The van der Waals surface area contributed by atoms with E-state index in [0.29, 0.717) is 0 Å². The fourth-order valence-corrected chi connectivity index (χ4v) is 0.865. The number of hydrogen-bond acceptors (Lipinski definition) is 1. The van der Waals surface area contributed by atoms with E-state index < -0.39 is 0 Å². The van der Waals surface area contributed by atoms with Crippen LogP contribution in [0.25, 0.3) is 0 Å². The molecular weight excluding hydrogens is 240 g/mol. The van der Waals surface area contributed by atoms with Crippen molar-refractivity contribution in [3.63, 3.8) is 0 Å². The fourth-order valence-electron chi connectivity index (χ4n) is 0.865. The van der Waals surface area contributed by atoms with Gasteiger partial charge in [0, 0.05) is 5.75 Å². The molecule has 0 saturated heterocycles. The van der Waals surface area contributed by atoms with Crippen LogP contribution >= 0.6 is 0 Å². The van der Waals surface area contributed by atoms with Gasteiger partial charge in [-0.3, -0.25) is 0 Å². The Kier molecular flexibility index (Phi) is 10.7.